The molecule has 0 heterocycles. The van der Waals surface area contributed by atoms with Crippen LogP contribution in [0.3, 0.4) is 0 Å². The predicted molar refractivity (Wildman–Crippen MR) is 45.2 cm³/mol. The second-order valence-corrected chi connectivity index (χ2v) is 3.22. The molecule has 0 nitrogen and oxygen atoms in total. The molecule has 8 heteroatoms. The van der Waals surface area contributed by atoms with E-state index >= 15 is 0 Å². The van der Waals surface area contributed by atoms with Crippen molar-refractivity contribution < 1.29 is 26.1 Å². The Hall–Kier alpha value is -0.845. The standard InChI is InChI=1S/C7H3BClF6/c9-6-2-1-4(7(10,11)12)3-5(6)8(13,14)15/h1-3H/q-1. The first-order chi connectivity index (χ1) is 6.62. The molecule has 0 aliphatic carbocycles. The number of hydrogen-bond donors (Lipinski definition) is 0. The average Bonchev–Trinajstić information content (AvgIpc) is 2.00. The molecule has 0 saturated carbocycles. The highest BCUT2D eigenvalue weighted by Gasteiger charge is 2.34. The van der Waals surface area contributed by atoms with Gasteiger partial charge in [-0.15, -0.1) is 0 Å². The van der Waals surface area contributed by atoms with Gasteiger partial charge in [-0.05, 0) is 12.1 Å². The van der Waals surface area contributed by atoms with E-state index in [9.17, 15) is 26.1 Å². The van der Waals surface area contributed by atoms with Gasteiger partial charge in [0.05, 0.1) is 5.56 Å². The smallest absolute Gasteiger partial charge is 0.445 e. The number of rotatable bonds is 1. The van der Waals surface area contributed by atoms with E-state index < -0.39 is 29.2 Å². The van der Waals surface area contributed by atoms with Gasteiger partial charge in [0.25, 0.3) is 0 Å². The van der Waals surface area contributed by atoms with E-state index in [4.69, 9.17) is 11.6 Å². The van der Waals surface area contributed by atoms with Crippen LogP contribution in [-0.4, -0.2) is 6.98 Å². The molecule has 0 aliphatic rings. The molecule has 15 heavy (non-hydrogen) atoms. The lowest BCUT2D eigenvalue weighted by atomic mass is 9.79. The molecule has 0 N–H and O–H groups in total. The summed E-state index contributed by atoms with van der Waals surface area (Å²) in [6, 6.07) is 1.12. The van der Waals surface area contributed by atoms with Crippen LogP contribution in [0.5, 0.6) is 0 Å². The molecule has 0 aliphatic heterocycles. The molecule has 0 unspecified atom stereocenters. The van der Waals surface area contributed by atoms with Crippen LogP contribution in [0.4, 0.5) is 26.1 Å². The summed E-state index contributed by atoms with van der Waals surface area (Å²) in [6.07, 6.45) is -4.80. The summed E-state index contributed by atoms with van der Waals surface area (Å²) >= 11 is 5.16. The maximum atomic E-state index is 12.2. The zero-order valence-electron chi connectivity index (χ0n) is 6.96. The van der Waals surface area contributed by atoms with Gasteiger partial charge in [-0.25, -0.2) is 0 Å². The lowest BCUT2D eigenvalue weighted by molar-refractivity contribution is -0.137. The van der Waals surface area contributed by atoms with Crippen molar-refractivity contribution in [2.24, 2.45) is 0 Å². The molecular formula is C7H3BClF6-. The average molecular weight is 247 g/mol. The molecule has 0 saturated heterocycles. The van der Waals surface area contributed by atoms with Gasteiger partial charge < -0.3 is 12.9 Å². The first kappa shape index (κ1) is 12.2. The highest BCUT2D eigenvalue weighted by atomic mass is 35.5. The Morgan fingerprint density at radius 1 is 1.07 bits per heavy atom. The summed E-state index contributed by atoms with van der Waals surface area (Å²) in [5.74, 6) is 0. The summed E-state index contributed by atoms with van der Waals surface area (Å²) in [5, 5.41) is -0.726. The fourth-order valence-electron chi connectivity index (χ4n) is 0.971. The summed E-state index contributed by atoms with van der Waals surface area (Å²) in [7, 11) is 0. The van der Waals surface area contributed by atoms with E-state index in [0.29, 0.717) is 12.1 Å². The van der Waals surface area contributed by atoms with Crippen LogP contribution in [0.15, 0.2) is 18.2 Å². The Kier molecular flexibility index (Phi) is 2.95. The van der Waals surface area contributed by atoms with Gasteiger partial charge >= 0.3 is 13.2 Å². The van der Waals surface area contributed by atoms with Crippen molar-refractivity contribution in [1.29, 1.82) is 0 Å². The van der Waals surface area contributed by atoms with Crippen molar-refractivity contribution in [3.8, 4) is 0 Å². The summed E-state index contributed by atoms with van der Waals surface area (Å²) in [6.45, 7) is -5.53. The quantitative estimate of drug-likeness (QED) is 0.527. The molecule has 1 aromatic carbocycles. The fourth-order valence-corrected chi connectivity index (χ4v) is 1.21. The van der Waals surface area contributed by atoms with Gasteiger partial charge in [0, 0.05) is 5.02 Å². The molecule has 1 rings (SSSR count). The largest absolute Gasteiger partial charge is 0.511 e. The minimum Gasteiger partial charge on any atom is -0.445 e. The summed E-state index contributed by atoms with van der Waals surface area (Å²) in [4.78, 5) is 0. The molecule has 0 aromatic heterocycles. The van der Waals surface area contributed by atoms with Gasteiger partial charge in [-0.3, -0.25) is 0 Å². The molecule has 0 spiro atoms. The number of benzene rings is 1. The van der Waals surface area contributed by atoms with Gasteiger partial charge in [0.1, 0.15) is 0 Å². The van der Waals surface area contributed by atoms with Crippen molar-refractivity contribution in [3.05, 3.63) is 28.8 Å². The van der Waals surface area contributed by atoms with Crippen LogP contribution in [-0.2, 0) is 6.18 Å². The highest BCUT2D eigenvalue weighted by molar-refractivity contribution is 6.76. The van der Waals surface area contributed by atoms with E-state index in [1.54, 1.807) is 0 Å². The molecule has 0 fully saturated rings. The topological polar surface area (TPSA) is 0 Å². The van der Waals surface area contributed by atoms with Gasteiger partial charge in [-0.2, -0.15) is 13.2 Å². The lowest BCUT2D eigenvalue weighted by Crippen LogP contribution is -2.35. The molecule has 1 aromatic rings. The molecular weight excluding hydrogens is 244 g/mol. The second-order valence-electron chi connectivity index (χ2n) is 2.81. The van der Waals surface area contributed by atoms with Gasteiger partial charge in [-0.1, -0.05) is 23.1 Å². The Balaban J connectivity index is 3.30. The van der Waals surface area contributed by atoms with Crippen LogP contribution in [0, 0.1) is 0 Å². The van der Waals surface area contributed by atoms with E-state index in [-0.39, 0.29) is 6.07 Å². The van der Waals surface area contributed by atoms with Crippen LogP contribution in [0.25, 0.3) is 0 Å². The molecule has 0 atom stereocenters. The van der Waals surface area contributed by atoms with E-state index in [0.717, 1.165) is 0 Å². The Morgan fingerprint density at radius 3 is 2.00 bits per heavy atom. The molecule has 0 bridgehead atoms. The van der Waals surface area contributed by atoms with Crippen LogP contribution < -0.4 is 5.46 Å². The Morgan fingerprint density at radius 2 is 1.60 bits per heavy atom. The fraction of sp³-hybridized carbons (Fsp3) is 0.143. The normalized spacial score (nSPS) is 13.0. The van der Waals surface area contributed by atoms with E-state index in [2.05, 4.69) is 0 Å². The Labute approximate surface area is 85.9 Å². The number of alkyl halides is 3. The van der Waals surface area contributed by atoms with E-state index in [1.807, 2.05) is 0 Å². The first-order valence-corrected chi connectivity index (χ1v) is 4.07. The first-order valence-electron chi connectivity index (χ1n) is 3.69. The predicted octanol–water partition coefficient (Wildman–Crippen LogP) is 3.41. The maximum Gasteiger partial charge on any atom is 0.511 e. The Bertz CT molecular complexity index is 369. The van der Waals surface area contributed by atoms with Crippen molar-refractivity contribution in [1.82, 2.24) is 0 Å². The summed E-state index contributed by atoms with van der Waals surface area (Å²) < 4.78 is 72.9. The van der Waals surface area contributed by atoms with Crippen LogP contribution >= 0.6 is 11.6 Å². The van der Waals surface area contributed by atoms with Crippen molar-refractivity contribution in [2.75, 3.05) is 0 Å². The monoisotopic (exact) mass is 247 g/mol. The number of hydrogen-bond acceptors (Lipinski definition) is 0. The van der Waals surface area contributed by atoms with Gasteiger partial charge in [0.2, 0.25) is 0 Å². The third-order valence-electron chi connectivity index (χ3n) is 1.68. The SMILES string of the molecule is F[B-](F)(F)c1cc(C(F)(F)F)ccc1Cl. The molecule has 0 amide bonds. The van der Waals surface area contributed by atoms with Crippen molar-refractivity contribution in [3.63, 3.8) is 0 Å². The third-order valence-corrected chi connectivity index (χ3v) is 2.02. The number of halogens is 7. The minimum atomic E-state index is -5.53. The molecule has 0 radical (unpaired) electrons. The van der Waals surface area contributed by atoms with E-state index in [1.165, 1.54) is 0 Å². The zero-order chi connectivity index (χ0) is 11.9. The van der Waals surface area contributed by atoms with Crippen LogP contribution in [0.2, 0.25) is 5.02 Å². The van der Waals surface area contributed by atoms with Crippen molar-refractivity contribution >= 4 is 24.0 Å². The lowest BCUT2D eigenvalue weighted by Gasteiger charge is -2.18. The highest BCUT2D eigenvalue weighted by Crippen LogP contribution is 2.30. The second kappa shape index (κ2) is 3.62. The third kappa shape index (κ3) is 2.81. The van der Waals surface area contributed by atoms with Gasteiger partial charge in [0.15, 0.2) is 0 Å². The summed E-state index contributed by atoms with van der Waals surface area (Å²) in [5.41, 5.74) is -2.78. The zero-order valence-corrected chi connectivity index (χ0v) is 7.71. The molecule has 84 valence electrons. The minimum absolute atomic E-state index is 0.0162. The van der Waals surface area contributed by atoms with Crippen molar-refractivity contribution in [2.45, 2.75) is 6.18 Å². The maximum absolute atomic E-state index is 12.2. The van der Waals surface area contributed by atoms with Crippen LogP contribution in [0.1, 0.15) is 5.56 Å².